The Morgan fingerprint density at radius 1 is 1.05 bits per heavy atom. The molecule has 0 aliphatic carbocycles. The summed E-state index contributed by atoms with van der Waals surface area (Å²) < 4.78 is 5.83. The monoisotopic (exact) mass is 268 g/mol. The molecule has 0 heterocycles. The third-order valence-corrected chi connectivity index (χ3v) is 3.26. The predicted molar refractivity (Wildman–Crippen MR) is 81.7 cm³/mol. The summed E-state index contributed by atoms with van der Waals surface area (Å²) in [6.45, 7) is 6.18. The van der Waals surface area contributed by atoms with Gasteiger partial charge in [-0.3, -0.25) is 4.79 Å². The lowest BCUT2D eigenvalue weighted by Crippen LogP contribution is -1.96. The zero-order valence-electron chi connectivity index (χ0n) is 12.2. The van der Waals surface area contributed by atoms with E-state index >= 15 is 0 Å². The van der Waals surface area contributed by atoms with Crippen LogP contribution in [0.5, 0.6) is 11.5 Å². The molecule has 104 valence electrons. The van der Waals surface area contributed by atoms with Gasteiger partial charge >= 0.3 is 0 Å². The number of carbonyl (C=O) groups excluding carboxylic acids is 1. The average Bonchev–Trinajstić information content (AvgIpc) is 2.47. The minimum absolute atomic E-state index is 0.151. The van der Waals surface area contributed by atoms with Gasteiger partial charge in [0.1, 0.15) is 11.5 Å². The summed E-state index contributed by atoms with van der Waals surface area (Å²) in [5.74, 6) is 2.20. The Balaban J connectivity index is 2.14. The molecule has 2 aromatic carbocycles. The Labute approximate surface area is 120 Å². The third-order valence-electron chi connectivity index (χ3n) is 3.26. The van der Waals surface area contributed by atoms with Gasteiger partial charge in [0.15, 0.2) is 5.78 Å². The molecule has 0 fully saturated rings. The minimum Gasteiger partial charge on any atom is -0.457 e. The maximum Gasteiger partial charge on any atom is 0.162 e. The molecular formula is C18H20O2. The predicted octanol–water partition coefficient (Wildman–Crippen LogP) is 5.20. The lowest BCUT2D eigenvalue weighted by molar-refractivity contribution is 0.0988. The van der Waals surface area contributed by atoms with Crippen LogP contribution in [0.15, 0.2) is 48.5 Å². The van der Waals surface area contributed by atoms with Crippen molar-refractivity contribution in [1.82, 2.24) is 0 Å². The van der Waals surface area contributed by atoms with Crippen molar-refractivity contribution in [3.8, 4) is 11.5 Å². The van der Waals surface area contributed by atoms with Gasteiger partial charge in [-0.05, 0) is 47.9 Å². The van der Waals surface area contributed by atoms with E-state index in [2.05, 4.69) is 26.0 Å². The van der Waals surface area contributed by atoms with Crippen LogP contribution in [0.2, 0.25) is 0 Å². The van der Waals surface area contributed by atoms with Crippen molar-refractivity contribution in [2.24, 2.45) is 0 Å². The molecule has 0 aliphatic heterocycles. The highest BCUT2D eigenvalue weighted by atomic mass is 16.5. The van der Waals surface area contributed by atoms with E-state index in [1.54, 1.807) is 0 Å². The fourth-order valence-corrected chi connectivity index (χ4v) is 1.99. The van der Waals surface area contributed by atoms with Crippen LogP contribution < -0.4 is 4.74 Å². The second-order valence-corrected chi connectivity index (χ2v) is 5.13. The molecule has 0 spiro atoms. The van der Waals surface area contributed by atoms with Gasteiger partial charge in [-0.25, -0.2) is 0 Å². The normalized spacial score (nSPS) is 10.6. The molecule has 0 aromatic heterocycles. The maximum absolute atomic E-state index is 11.6. The first-order valence-corrected chi connectivity index (χ1v) is 7.01. The first kappa shape index (κ1) is 14.3. The molecule has 2 rings (SSSR count). The molecule has 2 aromatic rings. The first-order chi connectivity index (χ1) is 9.60. The summed E-state index contributed by atoms with van der Waals surface area (Å²) in [5, 5.41) is 0. The maximum atomic E-state index is 11.6. The van der Waals surface area contributed by atoms with Gasteiger partial charge in [-0.2, -0.15) is 0 Å². The van der Waals surface area contributed by atoms with Gasteiger partial charge in [0, 0.05) is 12.0 Å². The Hall–Kier alpha value is -2.09. The molecule has 0 aliphatic rings. The quantitative estimate of drug-likeness (QED) is 0.697. The first-order valence-electron chi connectivity index (χ1n) is 7.01. The number of hydrogen-bond donors (Lipinski definition) is 0. The van der Waals surface area contributed by atoms with E-state index < -0.39 is 0 Å². The number of rotatable bonds is 5. The van der Waals surface area contributed by atoms with Crippen LogP contribution in [0, 0.1) is 0 Å². The van der Waals surface area contributed by atoms with E-state index in [9.17, 15) is 4.79 Å². The Bertz CT molecular complexity index is 583. The number of hydrogen-bond acceptors (Lipinski definition) is 2. The van der Waals surface area contributed by atoms with E-state index in [-0.39, 0.29) is 5.78 Å². The van der Waals surface area contributed by atoms with Gasteiger partial charge in [0.25, 0.3) is 0 Å². The van der Waals surface area contributed by atoms with E-state index in [4.69, 9.17) is 4.74 Å². The zero-order chi connectivity index (χ0) is 14.5. The van der Waals surface area contributed by atoms with Gasteiger partial charge in [-0.15, -0.1) is 0 Å². The minimum atomic E-state index is 0.151. The molecule has 0 saturated heterocycles. The van der Waals surface area contributed by atoms with Crippen molar-refractivity contribution in [2.45, 2.75) is 33.1 Å². The molecule has 0 radical (unpaired) electrons. The van der Waals surface area contributed by atoms with E-state index in [1.165, 1.54) is 5.56 Å². The van der Waals surface area contributed by atoms with Crippen molar-refractivity contribution in [3.63, 3.8) is 0 Å². The van der Waals surface area contributed by atoms with Crippen molar-refractivity contribution in [1.29, 1.82) is 0 Å². The highest BCUT2D eigenvalue weighted by Gasteiger charge is 2.05. The molecule has 0 amide bonds. The van der Waals surface area contributed by atoms with E-state index in [1.807, 2.05) is 43.3 Å². The topological polar surface area (TPSA) is 26.3 Å². The molecule has 0 N–H and O–H groups in total. The molecule has 20 heavy (non-hydrogen) atoms. The van der Waals surface area contributed by atoms with Crippen LogP contribution >= 0.6 is 0 Å². The Morgan fingerprint density at radius 3 is 2.35 bits per heavy atom. The van der Waals surface area contributed by atoms with Crippen LogP contribution in [0.3, 0.4) is 0 Å². The molecule has 0 saturated carbocycles. The zero-order valence-corrected chi connectivity index (χ0v) is 12.2. The fraction of sp³-hybridized carbons (Fsp3) is 0.278. The van der Waals surface area contributed by atoms with Crippen LogP contribution in [0.1, 0.15) is 49.0 Å². The Morgan fingerprint density at radius 2 is 1.75 bits per heavy atom. The van der Waals surface area contributed by atoms with Gasteiger partial charge < -0.3 is 4.74 Å². The van der Waals surface area contributed by atoms with Crippen molar-refractivity contribution >= 4 is 5.78 Å². The van der Waals surface area contributed by atoms with E-state index in [0.29, 0.717) is 12.3 Å². The van der Waals surface area contributed by atoms with Crippen molar-refractivity contribution in [3.05, 3.63) is 59.7 Å². The smallest absolute Gasteiger partial charge is 0.162 e. The van der Waals surface area contributed by atoms with Gasteiger partial charge in [-0.1, -0.05) is 32.9 Å². The molecule has 0 unspecified atom stereocenters. The third kappa shape index (κ3) is 3.47. The summed E-state index contributed by atoms with van der Waals surface area (Å²) in [7, 11) is 0. The fourth-order valence-electron chi connectivity index (χ4n) is 1.99. The van der Waals surface area contributed by atoms with Crippen molar-refractivity contribution < 1.29 is 9.53 Å². The largest absolute Gasteiger partial charge is 0.457 e. The molecular weight excluding hydrogens is 248 g/mol. The summed E-state index contributed by atoms with van der Waals surface area (Å²) in [6, 6.07) is 15.4. The van der Waals surface area contributed by atoms with Crippen LogP contribution in [0.25, 0.3) is 0 Å². The average molecular weight is 268 g/mol. The molecule has 2 heteroatoms. The lowest BCUT2D eigenvalue weighted by Gasteiger charge is -2.10. The van der Waals surface area contributed by atoms with Gasteiger partial charge in [0.2, 0.25) is 0 Å². The highest BCUT2D eigenvalue weighted by Crippen LogP contribution is 2.25. The van der Waals surface area contributed by atoms with Crippen LogP contribution in [-0.4, -0.2) is 5.78 Å². The molecule has 0 bridgehead atoms. The van der Waals surface area contributed by atoms with Crippen LogP contribution in [-0.2, 0) is 0 Å². The Kier molecular flexibility index (Phi) is 4.57. The van der Waals surface area contributed by atoms with Crippen LogP contribution in [0.4, 0.5) is 0 Å². The summed E-state index contributed by atoms with van der Waals surface area (Å²) in [5.41, 5.74) is 1.98. The number of ether oxygens (including phenoxy) is 1. The molecule has 2 nitrogen and oxygen atoms in total. The van der Waals surface area contributed by atoms with Crippen molar-refractivity contribution in [2.75, 3.05) is 0 Å². The van der Waals surface area contributed by atoms with E-state index in [0.717, 1.165) is 17.1 Å². The summed E-state index contributed by atoms with van der Waals surface area (Å²) in [4.78, 5) is 11.6. The second kappa shape index (κ2) is 6.38. The number of ketones is 1. The standard InChI is InChI=1S/C18H20O2/c1-4-18(19)14-8-10-16(11-9-14)20-17-7-5-6-15(12-17)13(2)3/h5-13H,4H2,1-3H3. The second-order valence-electron chi connectivity index (χ2n) is 5.13. The summed E-state index contributed by atoms with van der Waals surface area (Å²) in [6.07, 6.45) is 0.524. The molecule has 0 atom stereocenters. The number of Topliss-reactive ketones (excluding diaryl/α,β-unsaturated/α-hetero) is 1. The number of carbonyl (C=O) groups is 1. The lowest BCUT2D eigenvalue weighted by atomic mass is 10.0. The highest BCUT2D eigenvalue weighted by molar-refractivity contribution is 5.95. The summed E-state index contributed by atoms with van der Waals surface area (Å²) >= 11 is 0. The van der Waals surface area contributed by atoms with Gasteiger partial charge in [0.05, 0.1) is 0 Å². The number of benzene rings is 2. The SMILES string of the molecule is CCC(=O)c1ccc(Oc2cccc(C(C)C)c2)cc1.